The van der Waals surface area contributed by atoms with Gasteiger partial charge >= 0.3 is 5.97 Å². The molecule has 0 aromatic rings. The maximum atomic E-state index is 12.7. The Morgan fingerprint density at radius 2 is 1.79 bits per heavy atom. The van der Waals surface area contributed by atoms with E-state index in [2.05, 4.69) is 0 Å². The molecule has 4 unspecified atom stereocenters. The molecule has 0 bridgehead atoms. The van der Waals surface area contributed by atoms with Crippen molar-refractivity contribution in [1.29, 1.82) is 0 Å². The van der Waals surface area contributed by atoms with Crippen molar-refractivity contribution in [2.75, 3.05) is 6.54 Å². The van der Waals surface area contributed by atoms with Gasteiger partial charge < -0.3 is 10.0 Å². The van der Waals surface area contributed by atoms with Crippen molar-refractivity contribution < 1.29 is 14.7 Å². The average molecular weight is 265 g/mol. The van der Waals surface area contributed by atoms with E-state index in [4.69, 9.17) is 0 Å². The van der Waals surface area contributed by atoms with Crippen molar-refractivity contribution in [2.45, 2.75) is 52.0 Å². The molecule has 4 atom stereocenters. The monoisotopic (exact) mass is 265 g/mol. The third kappa shape index (κ3) is 1.87. The molecular formula is C15H23NO3. The van der Waals surface area contributed by atoms with Gasteiger partial charge in [-0.05, 0) is 37.0 Å². The summed E-state index contributed by atoms with van der Waals surface area (Å²) >= 11 is 0. The van der Waals surface area contributed by atoms with E-state index in [1.54, 1.807) is 0 Å². The molecule has 4 nitrogen and oxygen atoms in total. The highest BCUT2D eigenvalue weighted by Gasteiger charge is 2.67. The zero-order valence-corrected chi connectivity index (χ0v) is 11.8. The second kappa shape index (κ2) is 4.22. The van der Waals surface area contributed by atoms with Crippen molar-refractivity contribution in [2.24, 2.45) is 23.2 Å². The molecule has 3 fully saturated rings. The maximum Gasteiger partial charge on any atom is 0.307 e. The fraction of sp³-hybridized carbons (Fsp3) is 0.867. The van der Waals surface area contributed by atoms with Gasteiger partial charge in [-0.3, -0.25) is 9.59 Å². The van der Waals surface area contributed by atoms with Crippen molar-refractivity contribution in [3.8, 4) is 0 Å². The average Bonchev–Trinajstić information content (AvgIpc) is 2.74. The number of rotatable bonds is 2. The first-order valence-corrected chi connectivity index (χ1v) is 7.48. The summed E-state index contributed by atoms with van der Waals surface area (Å²) in [4.78, 5) is 26.0. The van der Waals surface area contributed by atoms with E-state index in [-0.39, 0.29) is 17.2 Å². The summed E-state index contributed by atoms with van der Waals surface area (Å²) in [6.07, 6.45) is 5.89. The number of carbonyl (C=O) groups excluding carboxylic acids is 1. The van der Waals surface area contributed by atoms with Gasteiger partial charge in [0.1, 0.15) is 0 Å². The Bertz CT molecular complexity index is 418. The van der Waals surface area contributed by atoms with Gasteiger partial charge in [0.25, 0.3) is 0 Å². The van der Waals surface area contributed by atoms with E-state index < -0.39 is 11.9 Å². The topological polar surface area (TPSA) is 57.6 Å². The zero-order valence-electron chi connectivity index (χ0n) is 11.8. The minimum Gasteiger partial charge on any atom is -0.481 e. The molecule has 106 valence electrons. The first-order chi connectivity index (χ1) is 8.94. The van der Waals surface area contributed by atoms with Crippen LogP contribution in [0.15, 0.2) is 0 Å². The fourth-order valence-corrected chi connectivity index (χ4v) is 4.47. The van der Waals surface area contributed by atoms with E-state index in [9.17, 15) is 14.7 Å². The second-order valence-electron chi connectivity index (χ2n) is 7.05. The zero-order chi connectivity index (χ0) is 13.8. The van der Waals surface area contributed by atoms with Crippen LogP contribution in [0.3, 0.4) is 0 Å². The van der Waals surface area contributed by atoms with Crippen LogP contribution in [-0.2, 0) is 9.59 Å². The molecule has 2 aliphatic carbocycles. The van der Waals surface area contributed by atoms with Gasteiger partial charge in [-0.25, -0.2) is 0 Å². The molecule has 1 aliphatic heterocycles. The van der Waals surface area contributed by atoms with Crippen LogP contribution in [0.25, 0.3) is 0 Å². The van der Waals surface area contributed by atoms with Crippen molar-refractivity contribution in [3.05, 3.63) is 0 Å². The quantitative estimate of drug-likeness (QED) is 0.832. The molecule has 3 aliphatic rings. The van der Waals surface area contributed by atoms with Crippen LogP contribution in [0.5, 0.6) is 0 Å². The number of nitrogens with zero attached hydrogens (tertiary/aromatic N) is 1. The van der Waals surface area contributed by atoms with Crippen molar-refractivity contribution in [3.63, 3.8) is 0 Å². The van der Waals surface area contributed by atoms with Crippen LogP contribution < -0.4 is 0 Å². The number of piperidine rings is 1. The normalized spacial score (nSPS) is 39.8. The summed E-state index contributed by atoms with van der Waals surface area (Å²) in [5.74, 6) is -0.827. The molecule has 1 N–H and O–H groups in total. The number of aliphatic carboxylic acids is 1. The summed E-state index contributed by atoms with van der Waals surface area (Å²) in [7, 11) is 0. The maximum absolute atomic E-state index is 12.7. The second-order valence-corrected chi connectivity index (χ2v) is 7.05. The summed E-state index contributed by atoms with van der Waals surface area (Å²) < 4.78 is 0. The van der Waals surface area contributed by atoms with Crippen LogP contribution in [-0.4, -0.2) is 34.5 Å². The smallest absolute Gasteiger partial charge is 0.307 e. The van der Waals surface area contributed by atoms with E-state index >= 15 is 0 Å². The number of fused-ring (bicyclic) bond motifs is 1. The number of hydrogen-bond donors (Lipinski definition) is 1. The number of carbonyl (C=O) groups is 2. The highest BCUT2D eigenvalue weighted by atomic mass is 16.4. The molecule has 0 radical (unpaired) electrons. The van der Waals surface area contributed by atoms with Crippen molar-refractivity contribution >= 4 is 11.9 Å². The number of carboxylic acid groups (broad SMARTS) is 1. The minimum absolute atomic E-state index is 0.106. The molecule has 1 saturated heterocycles. The molecule has 1 heterocycles. The lowest BCUT2D eigenvalue weighted by atomic mass is 9.91. The molecular weight excluding hydrogens is 242 g/mol. The largest absolute Gasteiger partial charge is 0.481 e. The summed E-state index contributed by atoms with van der Waals surface area (Å²) in [6, 6.07) is 0.395. The first kappa shape index (κ1) is 12.9. The van der Waals surface area contributed by atoms with Gasteiger partial charge in [0.05, 0.1) is 11.8 Å². The molecule has 0 aromatic carbocycles. The van der Waals surface area contributed by atoms with Gasteiger partial charge in [0.15, 0.2) is 0 Å². The minimum atomic E-state index is -0.816. The molecule has 2 saturated carbocycles. The lowest BCUT2D eigenvalue weighted by Gasteiger charge is -2.38. The van der Waals surface area contributed by atoms with Gasteiger partial charge in [-0.1, -0.05) is 20.3 Å². The molecule has 1 amide bonds. The highest BCUT2D eigenvalue weighted by molar-refractivity contribution is 5.91. The van der Waals surface area contributed by atoms with Crippen LogP contribution in [0.1, 0.15) is 46.0 Å². The lowest BCUT2D eigenvalue weighted by Crippen LogP contribution is -2.47. The highest BCUT2D eigenvalue weighted by Crippen LogP contribution is 2.59. The number of hydrogen-bond acceptors (Lipinski definition) is 2. The summed E-state index contributed by atoms with van der Waals surface area (Å²) in [5, 5.41) is 9.22. The summed E-state index contributed by atoms with van der Waals surface area (Å²) in [5.41, 5.74) is -0.367. The predicted octanol–water partition coefficient (Wildman–Crippen LogP) is 2.13. The third-order valence-corrected chi connectivity index (χ3v) is 5.64. The Kier molecular flexibility index (Phi) is 2.88. The van der Waals surface area contributed by atoms with Crippen LogP contribution >= 0.6 is 0 Å². The van der Waals surface area contributed by atoms with Crippen LogP contribution in [0.2, 0.25) is 0 Å². The third-order valence-electron chi connectivity index (χ3n) is 5.64. The Morgan fingerprint density at radius 3 is 2.42 bits per heavy atom. The van der Waals surface area contributed by atoms with Crippen LogP contribution in [0, 0.1) is 23.2 Å². The molecule has 19 heavy (non-hydrogen) atoms. The number of likely N-dealkylation sites (tertiary alicyclic amines) is 1. The number of amides is 1. The predicted molar refractivity (Wildman–Crippen MR) is 70.5 cm³/mol. The van der Waals surface area contributed by atoms with E-state index in [0.717, 1.165) is 19.4 Å². The van der Waals surface area contributed by atoms with E-state index in [0.29, 0.717) is 12.0 Å². The Balaban J connectivity index is 1.76. The Labute approximate surface area is 114 Å². The lowest BCUT2D eigenvalue weighted by molar-refractivity contribution is -0.143. The SMILES string of the molecule is CC1(C)C(C(=O)O)C1C(=O)N1CCCC2CCCC21. The molecule has 3 rings (SSSR count). The Hall–Kier alpha value is -1.06. The first-order valence-electron chi connectivity index (χ1n) is 7.48. The van der Waals surface area contributed by atoms with Gasteiger partial charge in [0, 0.05) is 12.6 Å². The Morgan fingerprint density at radius 1 is 1.11 bits per heavy atom. The van der Waals surface area contributed by atoms with Crippen LogP contribution in [0.4, 0.5) is 0 Å². The number of carboxylic acids is 1. The van der Waals surface area contributed by atoms with E-state index in [1.807, 2.05) is 18.7 Å². The van der Waals surface area contributed by atoms with Gasteiger partial charge in [-0.15, -0.1) is 0 Å². The fourth-order valence-electron chi connectivity index (χ4n) is 4.47. The van der Waals surface area contributed by atoms with Crippen molar-refractivity contribution in [1.82, 2.24) is 4.90 Å². The standard InChI is InChI=1S/C15H23NO3/c1-15(2)11(12(15)14(18)19)13(17)16-8-4-6-9-5-3-7-10(9)16/h9-12H,3-8H2,1-2H3,(H,18,19). The summed E-state index contributed by atoms with van der Waals surface area (Å²) in [6.45, 7) is 4.65. The van der Waals surface area contributed by atoms with E-state index in [1.165, 1.54) is 19.3 Å². The molecule has 0 aromatic heterocycles. The van der Waals surface area contributed by atoms with Gasteiger partial charge in [-0.2, -0.15) is 0 Å². The van der Waals surface area contributed by atoms with Gasteiger partial charge in [0.2, 0.25) is 5.91 Å². The molecule has 4 heteroatoms. The molecule has 0 spiro atoms.